The van der Waals surface area contributed by atoms with Crippen LogP contribution in [0.4, 0.5) is 5.69 Å². The second-order valence-electron chi connectivity index (χ2n) is 9.29. The molecule has 0 saturated carbocycles. The van der Waals surface area contributed by atoms with E-state index in [2.05, 4.69) is 44.7 Å². The second-order valence-corrected chi connectivity index (χ2v) is 9.29. The Morgan fingerprint density at radius 3 is 2.74 bits per heavy atom. The number of anilines is 1. The number of likely N-dealkylation sites (N-methyl/N-ethyl adjacent to an activating group) is 1. The van der Waals surface area contributed by atoms with Gasteiger partial charge in [-0.1, -0.05) is 6.92 Å². The molecule has 2 fully saturated rings. The number of carbonyl (C=O) groups is 1. The lowest BCUT2D eigenvalue weighted by atomic mass is 9.86. The highest BCUT2D eigenvalue weighted by atomic mass is 16.1. The number of piperidine rings is 1. The summed E-state index contributed by atoms with van der Waals surface area (Å²) in [5.41, 5.74) is 2.99. The van der Waals surface area contributed by atoms with Crippen molar-refractivity contribution < 1.29 is 4.79 Å². The van der Waals surface area contributed by atoms with Crippen molar-refractivity contribution in [1.29, 1.82) is 5.26 Å². The molecule has 0 spiro atoms. The smallest absolute Gasteiger partial charge is 0.147 e. The van der Waals surface area contributed by atoms with Gasteiger partial charge in [0.1, 0.15) is 22.9 Å². The van der Waals surface area contributed by atoms with E-state index in [1.165, 1.54) is 0 Å². The van der Waals surface area contributed by atoms with Gasteiger partial charge in [-0.15, -0.1) is 0 Å². The number of nitrogens with zero attached hydrogens (tertiary/aromatic N) is 6. The number of hydrogen-bond donors (Lipinski definition) is 0. The topological polar surface area (TPSA) is 76.4 Å². The third kappa shape index (κ3) is 5.20. The SMILES string of the molecule is C[C@H]1C[C@@H](CC(=O)CN2CCCN(C)CC2)CN(c2ccc(C#N)c3nccnc23)C1. The summed E-state index contributed by atoms with van der Waals surface area (Å²) in [6.45, 7) is 8.74. The first kappa shape index (κ1) is 21.7. The van der Waals surface area contributed by atoms with E-state index in [1.807, 2.05) is 12.1 Å². The summed E-state index contributed by atoms with van der Waals surface area (Å²) in [4.78, 5) is 28.8. The first-order chi connectivity index (χ1) is 15.0. The molecule has 2 atom stereocenters. The van der Waals surface area contributed by atoms with E-state index in [9.17, 15) is 10.1 Å². The van der Waals surface area contributed by atoms with E-state index in [0.29, 0.717) is 41.7 Å². The number of nitriles is 1. The van der Waals surface area contributed by atoms with Crippen LogP contribution in [0.15, 0.2) is 24.5 Å². The number of Topliss-reactive ketones (excluding diaryl/α,β-unsaturated/α-hetero) is 1. The fraction of sp³-hybridized carbons (Fsp3) is 0.583. The van der Waals surface area contributed by atoms with Crippen LogP contribution in [0.2, 0.25) is 0 Å². The molecule has 4 rings (SSSR count). The molecule has 2 saturated heterocycles. The van der Waals surface area contributed by atoms with Crippen LogP contribution in [-0.2, 0) is 4.79 Å². The molecule has 0 N–H and O–H groups in total. The van der Waals surface area contributed by atoms with Crippen LogP contribution in [0.5, 0.6) is 0 Å². The van der Waals surface area contributed by atoms with E-state index in [1.54, 1.807) is 12.4 Å². The average Bonchev–Trinajstić information content (AvgIpc) is 2.96. The van der Waals surface area contributed by atoms with E-state index < -0.39 is 0 Å². The number of aromatic nitrogens is 2. The highest BCUT2D eigenvalue weighted by Gasteiger charge is 2.28. The number of benzene rings is 1. The van der Waals surface area contributed by atoms with Gasteiger partial charge in [-0.05, 0) is 56.9 Å². The molecule has 7 heteroatoms. The predicted octanol–water partition coefficient (Wildman–Crippen LogP) is 2.56. The summed E-state index contributed by atoms with van der Waals surface area (Å²) >= 11 is 0. The Bertz CT molecular complexity index is 970. The maximum absolute atomic E-state index is 12.9. The van der Waals surface area contributed by atoms with Crippen molar-refractivity contribution in [1.82, 2.24) is 19.8 Å². The highest BCUT2D eigenvalue weighted by Crippen LogP contribution is 2.32. The Morgan fingerprint density at radius 2 is 1.94 bits per heavy atom. The number of ketones is 1. The van der Waals surface area contributed by atoms with Crippen LogP contribution in [0.25, 0.3) is 11.0 Å². The predicted molar refractivity (Wildman–Crippen MR) is 122 cm³/mol. The minimum atomic E-state index is 0.341. The fourth-order valence-corrected chi connectivity index (χ4v) is 5.11. The lowest BCUT2D eigenvalue weighted by molar-refractivity contribution is -0.121. The zero-order chi connectivity index (χ0) is 21.8. The van der Waals surface area contributed by atoms with Gasteiger partial charge in [0.15, 0.2) is 0 Å². The van der Waals surface area contributed by atoms with Gasteiger partial charge in [0, 0.05) is 45.0 Å². The van der Waals surface area contributed by atoms with Crippen LogP contribution < -0.4 is 4.90 Å². The average molecular weight is 421 g/mol. The first-order valence-corrected chi connectivity index (χ1v) is 11.3. The Kier molecular flexibility index (Phi) is 6.79. The minimum absolute atomic E-state index is 0.341. The van der Waals surface area contributed by atoms with Gasteiger partial charge in [-0.3, -0.25) is 19.7 Å². The molecule has 1 aromatic heterocycles. The Labute approximate surface area is 184 Å². The third-order valence-electron chi connectivity index (χ3n) is 6.54. The molecule has 2 aromatic rings. The molecule has 31 heavy (non-hydrogen) atoms. The van der Waals surface area contributed by atoms with Crippen molar-refractivity contribution in [3.63, 3.8) is 0 Å². The third-order valence-corrected chi connectivity index (χ3v) is 6.54. The van der Waals surface area contributed by atoms with E-state index in [4.69, 9.17) is 0 Å². The van der Waals surface area contributed by atoms with Gasteiger partial charge < -0.3 is 9.80 Å². The van der Waals surface area contributed by atoms with Crippen molar-refractivity contribution in [2.75, 3.05) is 57.8 Å². The largest absolute Gasteiger partial charge is 0.369 e. The van der Waals surface area contributed by atoms with Gasteiger partial charge >= 0.3 is 0 Å². The van der Waals surface area contributed by atoms with Crippen LogP contribution in [0.3, 0.4) is 0 Å². The summed E-state index contributed by atoms with van der Waals surface area (Å²) in [6, 6.07) is 6.04. The molecule has 0 amide bonds. The lowest BCUT2D eigenvalue weighted by Gasteiger charge is -2.38. The van der Waals surface area contributed by atoms with Crippen LogP contribution in [0, 0.1) is 23.2 Å². The molecule has 3 heterocycles. The summed E-state index contributed by atoms with van der Waals surface area (Å²) in [5.74, 6) is 1.20. The maximum Gasteiger partial charge on any atom is 0.147 e. The molecule has 0 radical (unpaired) electrons. The summed E-state index contributed by atoms with van der Waals surface area (Å²) in [6.07, 6.45) is 6.15. The number of carbonyl (C=O) groups excluding carboxylic acids is 1. The normalized spacial score (nSPS) is 23.5. The van der Waals surface area contributed by atoms with Crippen molar-refractivity contribution in [3.8, 4) is 6.07 Å². The van der Waals surface area contributed by atoms with Crippen LogP contribution in [0.1, 0.15) is 31.7 Å². The molecule has 0 aliphatic carbocycles. The van der Waals surface area contributed by atoms with E-state index in [0.717, 1.165) is 63.3 Å². The molecule has 1 aromatic carbocycles. The molecule has 2 aliphatic rings. The Hall–Kier alpha value is -2.56. The molecule has 2 aliphatic heterocycles. The van der Waals surface area contributed by atoms with Gasteiger partial charge in [0.2, 0.25) is 0 Å². The molecular weight excluding hydrogens is 388 g/mol. The number of rotatable bonds is 5. The first-order valence-electron chi connectivity index (χ1n) is 11.3. The van der Waals surface area contributed by atoms with Crippen LogP contribution >= 0.6 is 0 Å². The lowest BCUT2D eigenvalue weighted by Crippen LogP contribution is -2.41. The monoisotopic (exact) mass is 420 g/mol. The molecule has 7 nitrogen and oxygen atoms in total. The van der Waals surface area contributed by atoms with E-state index >= 15 is 0 Å². The molecular formula is C24H32N6O. The molecule has 0 unspecified atom stereocenters. The van der Waals surface area contributed by atoms with E-state index in [-0.39, 0.29) is 0 Å². The highest BCUT2D eigenvalue weighted by molar-refractivity contribution is 5.92. The summed E-state index contributed by atoms with van der Waals surface area (Å²) in [7, 11) is 2.15. The Balaban J connectivity index is 1.45. The zero-order valence-electron chi connectivity index (χ0n) is 18.6. The fourth-order valence-electron chi connectivity index (χ4n) is 5.11. The summed E-state index contributed by atoms with van der Waals surface area (Å²) < 4.78 is 0. The van der Waals surface area contributed by atoms with Crippen molar-refractivity contribution in [2.24, 2.45) is 11.8 Å². The standard InChI is InChI=1S/C24H32N6O/c1-18-12-19(13-21(31)17-29-9-3-8-28(2)10-11-29)16-30(15-18)22-5-4-20(14-25)23-24(22)27-7-6-26-23/h4-7,18-19H,3,8-13,15-17H2,1-2H3/t18-,19-/m0/s1. The number of hydrogen-bond acceptors (Lipinski definition) is 7. The van der Waals surface area contributed by atoms with Gasteiger partial charge in [0.05, 0.1) is 17.8 Å². The van der Waals surface area contributed by atoms with Gasteiger partial charge in [0.25, 0.3) is 0 Å². The molecule has 164 valence electrons. The van der Waals surface area contributed by atoms with Gasteiger partial charge in [-0.25, -0.2) is 0 Å². The second kappa shape index (κ2) is 9.71. The molecule has 0 bridgehead atoms. The van der Waals surface area contributed by atoms with Crippen molar-refractivity contribution in [3.05, 3.63) is 30.1 Å². The number of fused-ring (bicyclic) bond motifs is 1. The van der Waals surface area contributed by atoms with Crippen molar-refractivity contribution >= 4 is 22.5 Å². The van der Waals surface area contributed by atoms with Crippen LogP contribution in [-0.4, -0.2) is 78.4 Å². The summed E-state index contributed by atoms with van der Waals surface area (Å²) in [5, 5.41) is 9.41. The quantitative estimate of drug-likeness (QED) is 0.736. The van der Waals surface area contributed by atoms with Gasteiger partial charge in [-0.2, -0.15) is 5.26 Å². The minimum Gasteiger partial charge on any atom is -0.369 e. The van der Waals surface area contributed by atoms with Crippen molar-refractivity contribution in [2.45, 2.75) is 26.2 Å². The maximum atomic E-state index is 12.9. The Morgan fingerprint density at radius 1 is 1.13 bits per heavy atom. The zero-order valence-corrected chi connectivity index (χ0v) is 18.6.